The van der Waals surface area contributed by atoms with Gasteiger partial charge in [-0.15, -0.1) is 0 Å². The number of carbonyl (C=O) groups excluding carboxylic acids is 1. The van der Waals surface area contributed by atoms with Gasteiger partial charge in [0, 0.05) is 18.2 Å². The van der Waals surface area contributed by atoms with Gasteiger partial charge >= 0.3 is 0 Å². The van der Waals surface area contributed by atoms with Crippen molar-refractivity contribution in [1.82, 2.24) is 10.2 Å². The monoisotopic (exact) mass is 255 g/mol. The second-order valence-corrected chi connectivity index (χ2v) is 5.63. The van der Waals surface area contributed by atoms with Gasteiger partial charge in [0.15, 0.2) is 0 Å². The van der Waals surface area contributed by atoms with Gasteiger partial charge < -0.3 is 10.2 Å². The van der Waals surface area contributed by atoms with Crippen LogP contribution in [0.5, 0.6) is 0 Å². The van der Waals surface area contributed by atoms with Crippen molar-refractivity contribution >= 4 is 18.6 Å². The molecule has 1 N–H and O–H groups in total. The zero-order valence-electron chi connectivity index (χ0n) is 11.4. The largest absolute Gasteiger partial charge is 0.348 e. The van der Waals surface area contributed by atoms with Crippen LogP contribution in [-0.2, 0) is 0 Å². The Morgan fingerprint density at radius 1 is 1.26 bits per heavy atom. The lowest BCUT2D eigenvalue weighted by Crippen LogP contribution is -2.57. The van der Waals surface area contributed by atoms with E-state index in [-0.39, 0.29) is 5.91 Å². The highest BCUT2D eigenvalue weighted by atomic mass is 16.1. The van der Waals surface area contributed by atoms with Gasteiger partial charge in [-0.2, -0.15) is 0 Å². The Hall–Kier alpha value is -1.29. The van der Waals surface area contributed by atoms with E-state index in [4.69, 9.17) is 0 Å². The minimum absolute atomic E-state index is 0.0707. The summed E-state index contributed by atoms with van der Waals surface area (Å²) in [7, 11) is 2.04. The van der Waals surface area contributed by atoms with Crippen molar-refractivity contribution in [3.63, 3.8) is 0 Å². The number of nitrogens with one attached hydrogen (secondary N) is 1. The molecule has 3 fully saturated rings. The van der Waals surface area contributed by atoms with Crippen molar-refractivity contribution in [2.24, 2.45) is 5.92 Å². The van der Waals surface area contributed by atoms with E-state index in [1.165, 1.54) is 25.9 Å². The predicted octanol–water partition coefficient (Wildman–Crippen LogP) is 0.888. The zero-order valence-corrected chi connectivity index (χ0v) is 11.4. The van der Waals surface area contributed by atoms with Crippen LogP contribution >= 0.6 is 0 Å². The van der Waals surface area contributed by atoms with E-state index in [1.54, 1.807) is 0 Å². The zero-order chi connectivity index (χ0) is 13.2. The molecule has 1 radical (unpaired) electrons. The molecule has 3 aliphatic heterocycles. The van der Waals surface area contributed by atoms with Gasteiger partial charge in [-0.05, 0) is 31.8 Å². The quantitative estimate of drug-likeness (QED) is 0.813. The van der Waals surface area contributed by atoms with Crippen LogP contribution in [0.25, 0.3) is 0 Å². The molecule has 3 saturated heterocycles. The normalized spacial score (nSPS) is 29.0. The summed E-state index contributed by atoms with van der Waals surface area (Å²) >= 11 is 0. The summed E-state index contributed by atoms with van der Waals surface area (Å²) in [4.78, 5) is 14.7. The molecular weight excluding hydrogens is 235 g/mol. The number of amides is 1. The highest BCUT2D eigenvalue weighted by molar-refractivity contribution is 6.51. The standard InChI is InChI=1S/C15H20BN2O/c1-16-13-4-2-12(3-5-13)15(19)17-14-10-18-8-6-11(14)7-9-18/h2-5,11,14H,6-10H2,1H3,(H,17,19). The third kappa shape index (κ3) is 2.68. The summed E-state index contributed by atoms with van der Waals surface area (Å²) in [6, 6.07) is 8.14. The van der Waals surface area contributed by atoms with E-state index in [9.17, 15) is 4.79 Å². The first-order chi connectivity index (χ1) is 9.26. The van der Waals surface area contributed by atoms with Crippen molar-refractivity contribution in [1.29, 1.82) is 0 Å². The van der Waals surface area contributed by atoms with Crippen LogP contribution in [-0.4, -0.2) is 43.8 Å². The SMILES string of the molecule is C[B]c1ccc(C(=O)NC2CN3CCC2CC3)cc1. The van der Waals surface area contributed by atoms with Gasteiger partial charge in [0.05, 0.1) is 0 Å². The molecule has 3 nitrogen and oxygen atoms in total. The van der Waals surface area contributed by atoms with Crippen molar-refractivity contribution in [2.45, 2.75) is 25.7 Å². The maximum absolute atomic E-state index is 12.2. The highest BCUT2D eigenvalue weighted by Crippen LogP contribution is 2.27. The highest BCUT2D eigenvalue weighted by Gasteiger charge is 2.34. The molecule has 3 heterocycles. The molecule has 99 valence electrons. The molecule has 4 heteroatoms. The number of rotatable bonds is 3. The molecule has 0 aromatic heterocycles. The number of nitrogens with zero attached hydrogens (tertiary/aromatic N) is 1. The third-order valence-corrected chi connectivity index (χ3v) is 4.48. The summed E-state index contributed by atoms with van der Waals surface area (Å²) in [6.45, 7) is 5.44. The fourth-order valence-corrected chi connectivity index (χ4v) is 3.21. The Morgan fingerprint density at radius 2 is 1.95 bits per heavy atom. The lowest BCUT2D eigenvalue weighted by molar-refractivity contribution is 0.0620. The molecule has 1 amide bonds. The van der Waals surface area contributed by atoms with Crippen LogP contribution in [0, 0.1) is 5.92 Å². The Labute approximate surface area is 115 Å². The summed E-state index contributed by atoms with van der Waals surface area (Å²) in [5.74, 6) is 0.749. The van der Waals surface area contributed by atoms with Crippen LogP contribution in [0.4, 0.5) is 0 Å². The lowest BCUT2D eigenvalue weighted by atomic mass is 9.73. The molecule has 1 unspecified atom stereocenters. The van der Waals surface area contributed by atoms with Gasteiger partial charge in [0.2, 0.25) is 0 Å². The molecule has 0 spiro atoms. The van der Waals surface area contributed by atoms with Crippen LogP contribution in [0.2, 0.25) is 6.82 Å². The van der Waals surface area contributed by atoms with Crippen molar-refractivity contribution in [3.8, 4) is 0 Å². The predicted molar refractivity (Wildman–Crippen MR) is 78.1 cm³/mol. The van der Waals surface area contributed by atoms with E-state index in [2.05, 4.69) is 10.2 Å². The molecule has 1 atom stereocenters. The van der Waals surface area contributed by atoms with E-state index in [1.807, 2.05) is 38.4 Å². The first-order valence-electron chi connectivity index (χ1n) is 7.19. The van der Waals surface area contributed by atoms with Gasteiger partial charge in [-0.3, -0.25) is 4.79 Å². The van der Waals surface area contributed by atoms with Crippen LogP contribution in [0.3, 0.4) is 0 Å². The molecule has 4 rings (SSSR count). The second kappa shape index (κ2) is 5.37. The van der Waals surface area contributed by atoms with E-state index in [0.717, 1.165) is 17.6 Å². The first kappa shape index (κ1) is 12.7. The Kier molecular flexibility index (Phi) is 3.60. The van der Waals surface area contributed by atoms with Crippen molar-refractivity contribution in [2.75, 3.05) is 19.6 Å². The first-order valence-corrected chi connectivity index (χ1v) is 7.19. The topological polar surface area (TPSA) is 32.3 Å². The maximum Gasteiger partial charge on any atom is 0.251 e. The number of hydrogen-bond donors (Lipinski definition) is 1. The van der Waals surface area contributed by atoms with Crippen molar-refractivity contribution < 1.29 is 4.79 Å². The summed E-state index contributed by atoms with van der Waals surface area (Å²) in [5, 5.41) is 3.21. The molecule has 0 aliphatic carbocycles. The van der Waals surface area contributed by atoms with Gasteiger partial charge in [0.25, 0.3) is 5.91 Å². The Balaban J connectivity index is 1.64. The number of benzene rings is 1. The molecule has 3 aliphatic rings. The smallest absolute Gasteiger partial charge is 0.251 e. The molecule has 0 saturated carbocycles. The summed E-state index contributed by atoms with van der Waals surface area (Å²) in [5.41, 5.74) is 1.92. The minimum Gasteiger partial charge on any atom is -0.348 e. The van der Waals surface area contributed by atoms with E-state index < -0.39 is 0 Å². The number of fused-ring (bicyclic) bond motifs is 3. The lowest BCUT2D eigenvalue weighted by Gasteiger charge is -2.44. The Bertz CT molecular complexity index is 452. The molecule has 1 aromatic carbocycles. The minimum atomic E-state index is 0.0707. The summed E-state index contributed by atoms with van der Waals surface area (Å²) < 4.78 is 0. The average molecular weight is 255 g/mol. The van der Waals surface area contributed by atoms with Crippen LogP contribution < -0.4 is 10.8 Å². The third-order valence-electron chi connectivity index (χ3n) is 4.48. The second-order valence-electron chi connectivity index (χ2n) is 5.63. The van der Waals surface area contributed by atoms with Gasteiger partial charge in [-0.1, -0.05) is 36.6 Å². The van der Waals surface area contributed by atoms with Crippen LogP contribution in [0.1, 0.15) is 23.2 Å². The van der Waals surface area contributed by atoms with Gasteiger partial charge in [0.1, 0.15) is 7.28 Å². The molecule has 1 aromatic rings. The fourth-order valence-electron chi connectivity index (χ4n) is 3.21. The average Bonchev–Trinajstić information content (AvgIpc) is 2.48. The maximum atomic E-state index is 12.2. The Morgan fingerprint density at radius 3 is 2.47 bits per heavy atom. The van der Waals surface area contributed by atoms with Crippen LogP contribution in [0.15, 0.2) is 24.3 Å². The van der Waals surface area contributed by atoms with E-state index in [0.29, 0.717) is 12.0 Å². The van der Waals surface area contributed by atoms with E-state index >= 15 is 0 Å². The van der Waals surface area contributed by atoms with Crippen molar-refractivity contribution in [3.05, 3.63) is 29.8 Å². The number of carbonyl (C=O) groups is 1. The molecular formula is C15H20BN2O. The number of piperidine rings is 3. The molecule has 19 heavy (non-hydrogen) atoms. The molecule has 2 bridgehead atoms. The number of hydrogen-bond acceptors (Lipinski definition) is 2. The summed E-state index contributed by atoms with van der Waals surface area (Å²) in [6.07, 6.45) is 2.46. The fraction of sp³-hybridized carbons (Fsp3) is 0.533. The van der Waals surface area contributed by atoms with Gasteiger partial charge in [-0.25, -0.2) is 0 Å².